The molecule has 1 saturated heterocycles. The summed E-state index contributed by atoms with van der Waals surface area (Å²) < 4.78 is 22.1. The van der Waals surface area contributed by atoms with Crippen molar-refractivity contribution in [1.82, 2.24) is 4.90 Å². The molecule has 1 aliphatic heterocycles. The third-order valence-electron chi connectivity index (χ3n) is 2.42. The van der Waals surface area contributed by atoms with Gasteiger partial charge < -0.3 is 4.90 Å². The zero-order chi connectivity index (χ0) is 11.6. The summed E-state index contributed by atoms with van der Waals surface area (Å²) in [5.74, 6) is -0.464. The van der Waals surface area contributed by atoms with Gasteiger partial charge in [0.25, 0.3) is 0 Å². The van der Waals surface area contributed by atoms with Gasteiger partial charge in [-0.15, -0.1) is 0 Å². The number of carbonyl (C=O) groups excluding carboxylic acids is 1. The summed E-state index contributed by atoms with van der Waals surface area (Å²) >= 11 is 0. The molecule has 2 atom stereocenters. The monoisotopic (exact) mass is 230 g/mol. The minimum absolute atomic E-state index is 0.0448. The molecule has 0 aromatic heterocycles. The quantitative estimate of drug-likeness (QED) is 0.672. The Balaban J connectivity index is 2.66. The van der Waals surface area contributed by atoms with Gasteiger partial charge in [-0.25, -0.2) is 8.42 Å². The van der Waals surface area contributed by atoms with Crippen LogP contribution in [-0.4, -0.2) is 43.8 Å². The van der Waals surface area contributed by atoms with Crippen LogP contribution in [0.25, 0.3) is 0 Å². The molecule has 84 valence electrons. The van der Waals surface area contributed by atoms with Crippen LogP contribution >= 0.6 is 0 Å². The van der Waals surface area contributed by atoms with Crippen molar-refractivity contribution in [1.29, 1.82) is 5.26 Å². The molecule has 0 aromatic rings. The first kappa shape index (κ1) is 12.0. The number of rotatable bonds is 3. The van der Waals surface area contributed by atoms with E-state index in [1.54, 1.807) is 6.92 Å². The summed E-state index contributed by atoms with van der Waals surface area (Å²) in [5.41, 5.74) is 0. The van der Waals surface area contributed by atoms with Gasteiger partial charge in [-0.3, -0.25) is 4.79 Å². The van der Waals surface area contributed by atoms with Gasteiger partial charge in [0.2, 0.25) is 5.91 Å². The summed E-state index contributed by atoms with van der Waals surface area (Å²) in [5, 5.41) is 8.67. The molecule has 1 aliphatic rings. The summed E-state index contributed by atoms with van der Waals surface area (Å²) in [7, 11) is -3.09. The molecule has 0 aromatic carbocycles. The van der Waals surface area contributed by atoms with Crippen LogP contribution in [0.2, 0.25) is 0 Å². The number of amides is 1. The molecule has 1 rings (SSSR count). The first-order chi connectivity index (χ1) is 6.83. The molecule has 2 unspecified atom stereocenters. The molecule has 5 nitrogen and oxygen atoms in total. The van der Waals surface area contributed by atoms with Crippen LogP contribution < -0.4 is 0 Å². The van der Waals surface area contributed by atoms with Crippen LogP contribution in [0.15, 0.2) is 0 Å². The second-order valence-corrected chi connectivity index (χ2v) is 6.20. The van der Waals surface area contributed by atoms with E-state index >= 15 is 0 Å². The third kappa shape index (κ3) is 3.20. The fourth-order valence-electron chi connectivity index (χ4n) is 1.77. The highest BCUT2D eigenvalue weighted by Crippen LogP contribution is 2.19. The lowest BCUT2D eigenvalue weighted by atomic mass is 10.1. The number of nitriles is 1. The number of sulfone groups is 1. The second-order valence-electron chi connectivity index (χ2n) is 4.02. The van der Waals surface area contributed by atoms with E-state index < -0.39 is 9.84 Å². The molecule has 0 N–H and O–H groups in total. The Labute approximate surface area is 89.6 Å². The van der Waals surface area contributed by atoms with Crippen molar-refractivity contribution in [2.24, 2.45) is 5.92 Å². The van der Waals surface area contributed by atoms with E-state index in [-0.39, 0.29) is 30.0 Å². The molecule has 0 bridgehead atoms. The van der Waals surface area contributed by atoms with Gasteiger partial charge in [0, 0.05) is 25.3 Å². The van der Waals surface area contributed by atoms with Gasteiger partial charge in [0.15, 0.2) is 0 Å². The van der Waals surface area contributed by atoms with Crippen molar-refractivity contribution in [2.75, 3.05) is 18.6 Å². The number of likely N-dealkylation sites (tertiary alicyclic amines) is 1. The van der Waals surface area contributed by atoms with E-state index in [2.05, 4.69) is 0 Å². The van der Waals surface area contributed by atoms with Gasteiger partial charge >= 0.3 is 0 Å². The predicted octanol–water partition coefficient (Wildman–Crippen LogP) is -0.208. The Morgan fingerprint density at radius 3 is 2.67 bits per heavy atom. The van der Waals surface area contributed by atoms with Gasteiger partial charge in [-0.2, -0.15) is 5.26 Å². The Morgan fingerprint density at radius 1 is 1.67 bits per heavy atom. The number of nitrogens with zero attached hydrogens (tertiary/aromatic N) is 2. The molecule has 0 saturated carbocycles. The zero-order valence-electron chi connectivity index (χ0n) is 8.80. The fourth-order valence-corrected chi connectivity index (χ4v) is 2.83. The normalized spacial score (nSPS) is 23.9. The van der Waals surface area contributed by atoms with Gasteiger partial charge in [-0.1, -0.05) is 0 Å². The van der Waals surface area contributed by atoms with Crippen LogP contribution in [0, 0.1) is 17.2 Å². The van der Waals surface area contributed by atoms with E-state index in [0.29, 0.717) is 6.54 Å². The topological polar surface area (TPSA) is 78.2 Å². The van der Waals surface area contributed by atoms with Crippen molar-refractivity contribution >= 4 is 15.7 Å². The van der Waals surface area contributed by atoms with E-state index in [0.717, 1.165) is 6.26 Å². The first-order valence-electron chi connectivity index (χ1n) is 4.70. The average Bonchev–Trinajstić information content (AvgIpc) is 2.43. The number of hydrogen-bond donors (Lipinski definition) is 0. The van der Waals surface area contributed by atoms with Gasteiger partial charge in [0.05, 0.1) is 17.7 Å². The Hall–Kier alpha value is -1.09. The zero-order valence-corrected chi connectivity index (χ0v) is 9.62. The lowest BCUT2D eigenvalue weighted by Gasteiger charge is -2.23. The highest BCUT2D eigenvalue weighted by Gasteiger charge is 2.33. The third-order valence-corrected chi connectivity index (χ3v) is 3.50. The molecule has 6 heteroatoms. The van der Waals surface area contributed by atoms with Crippen molar-refractivity contribution < 1.29 is 13.2 Å². The van der Waals surface area contributed by atoms with Crippen LogP contribution in [0.1, 0.15) is 13.3 Å². The highest BCUT2D eigenvalue weighted by atomic mass is 32.2. The lowest BCUT2D eigenvalue weighted by molar-refractivity contribution is -0.129. The van der Waals surface area contributed by atoms with E-state index in [4.69, 9.17) is 5.26 Å². The van der Waals surface area contributed by atoms with Crippen LogP contribution in [0.4, 0.5) is 0 Å². The molecule has 0 aliphatic carbocycles. The molecule has 1 heterocycles. The molecule has 1 fully saturated rings. The van der Waals surface area contributed by atoms with Crippen LogP contribution in [-0.2, 0) is 14.6 Å². The standard InChI is InChI=1S/C9H14N2O3S/c1-7(6-15(2,13)14)11-5-8(4-10)3-9(11)12/h7-8H,3,5-6H2,1-2H3. The van der Waals surface area contributed by atoms with Crippen LogP contribution in [0.3, 0.4) is 0 Å². The Bertz CT molecular complexity index is 396. The minimum atomic E-state index is -3.09. The minimum Gasteiger partial charge on any atom is -0.338 e. The average molecular weight is 230 g/mol. The lowest BCUT2D eigenvalue weighted by Crippen LogP contribution is -2.38. The maximum atomic E-state index is 11.5. The summed E-state index contributed by atoms with van der Waals surface area (Å²) in [6, 6.07) is 1.69. The molecular weight excluding hydrogens is 216 g/mol. The molecule has 0 radical (unpaired) electrons. The molecule has 15 heavy (non-hydrogen) atoms. The largest absolute Gasteiger partial charge is 0.338 e. The molecule has 1 amide bonds. The maximum Gasteiger partial charge on any atom is 0.224 e. The highest BCUT2D eigenvalue weighted by molar-refractivity contribution is 7.90. The summed E-state index contributed by atoms with van der Waals surface area (Å²) in [6.07, 6.45) is 1.36. The second kappa shape index (κ2) is 4.19. The van der Waals surface area contributed by atoms with Crippen molar-refractivity contribution in [3.8, 4) is 6.07 Å². The van der Waals surface area contributed by atoms with Gasteiger partial charge in [0.1, 0.15) is 9.84 Å². The molecular formula is C9H14N2O3S. The summed E-state index contributed by atoms with van der Waals surface area (Å²) in [4.78, 5) is 12.9. The Kier molecular flexibility index (Phi) is 3.35. The maximum absolute atomic E-state index is 11.5. The Morgan fingerprint density at radius 2 is 2.27 bits per heavy atom. The number of carbonyl (C=O) groups is 1. The van der Waals surface area contributed by atoms with Crippen molar-refractivity contribution in [3.05, 3.63) is 0 Å². The SMILES string of the molecule is CC(CS(C)(=O)=O)N1CC(C#N)CC1=O. The number of hydrogen-bond acceptors (Lipinski definition) is 4. The van der Waals surface area contributed by atoms with Crippen LogP contribution in [0.5, 0.6) is 0 Å². The van der Waals surface area contributed by atoms with Gasteiger partial charge in [-0.05, 0) is 6.92 Å². The summed E-state index contributed by atoms with van der Waals surface area (Å²) in [6.45, 7) is 2.05. The van der Waals surface area contributed by atoms with Crippen molar-refractivity contribution in [2.45, 2.75) is 19.4 Å². The predicted molar refractivity (Wildman–Crippen MR) is 54.6 cm³/mol. The van der Waals surface area contributed by atoms with Crippen molar-refractivity contribution in [3.63, 3.8) is 0 Å². The first-order valence-corrected chi connectivity index (χ1v) is 6.76. The van der Waals surface area contributed by atoms with E-state index in [1.165, 1.54) is 4.90 Å². The smallest absolute Gasteiger partial charge is 0.224 e. The fraction of sp³-hybridized carbons (Fsp3) is 0.778. The molecule has 0 spiro atoms. The van der Waals surface area contributed by atoms with E-state index in [1.807, 2.05) is 6.07 Å². The van der Waals surface area contributed by atoms with E-state index in [9.17, 15) is 13.2 Å².